The van der Waals surface area contributed by atoms with E-state index in [1.54, 1.807) is 54.6 Å². The van der Waals surface area contributed by atoms with Gasteiger partial charge in [-0.2, -0.15) is 0 Å². The lowest BCUT2D eigenvalue weighted by molar-refractivity contribution is -0.152. The van der Waals surface area contributed by atoms with Crippen molar-refractivity contribution in [2.75, 3.05) is 17.7 Å². The molecule has 7 heteroatoms. The average molecular weight is 539 g/mol. The molecular formula is C32H46N2O5. The topological polar surface area (TPSA) is 93.7 Å². The van der Waals surface area contributed by atoms with E-state index in [-0.39, 0.29) is 5.91 Å². The molecule has 2 amide bonds. The highest BCUT2D eigenvalue weighted by molar-refractivity contribution is 6.08. The van der Waals surface area contributed by atoms with Crippen molar-refractivity contribution >= 4 is 29.2 Å². The fourth-order valence-electron chi connectivity index (χ4n) is 4.36. The number of nitrogens with one attached hydrogen (secondary N) is 2. The summed E-state index contributed by atoms with van der Waals surface area (Å²) < 4.78 is 10.3. The maximum atomic E-state index is 12.8. The molecule has 0 aliphatic rings. The predicted octanol–water partition coefficient (Wildman–Crippen LogP) is 7.67. The van der Waals surface area contributed by atoms with Crippen molar-refractivity contribution in [2.45, 2.75) is 103 Å². The first-order valence-electron chi connectivity index (χ1n) is 14.5. The third kappa shape index (κ3) is 13.8. The molecule has 2 aromatic rings. The van der Waals surface area contributed by atoms with Gasteiger partial charge in [-0.15, -0.1) is 0 Å². The van der Waals surface area contributed by atoms with Crippen LogP contribution in [0.15, 0.2) is 54.6 Å². The second kappa shape index (κ2) is 19.7. The van der Waals surface area contributed by atoms with E-state index in [0.717, 1.165) is 19.3 Å². The first kappa shape index (κ1) is 31.9. The average Bonchev–Trinajstić information content (AvgIpc) is 2.94. The number of esters is 1. The van der Waals surface area contributed by atoms with E-state index in [1.807, 2.05) is 0 Å². The molecule has 0 spiro atoms. The lowest BCUT2D eigenvalue weighted by Gasteiger charge is -2.17. The largest absolute Gasteiger partial charge is 0.469 e. The van der Waals surface area contributed by atoms with Crippen LogP contribution < -0.4 is 15.4 Å². The van der Waals surface area contributed by atoms with Crippen LogP contribution in [0.4, 0.5) is 11.4 Å². The smallest absolute Gasteiger partial charge is 0.357 e. The molecule has 0 saturated carbocycles. The highest BCUT2D eigenvalue weighted by Crippen LogP contribution is 2.18. The predicted molar refractivity (Wildman–Crippen MR) is 157 cm³/mol. The van der Waals surface area contributed by atoms with Crippen LogP contribution in [0.3, 0.4) is 0 Å². The Morgan fingerprint density at radius 1 is 0.692 bits per heavy atom. The summed E-state index contributed by atoms with van der Waals surface area (Å²) in [4.78, 5) is 37.3. The second-order valence-electron chi connectivity index (χ2n) is 9.94. The Morgan fingerprint density at radius 2 is 1.23 bits per heavy atom. The maximum Gasteiger partial charge on any atom is 0.357 e. The number of hydrogen-bond donors (Lipinski definition) is 2. The maximum absolute atomic E-state index is 12.8. The summed E-state index contributed by atoms with van der Waals surface area (Å²) in [5.41, 5.74) is 1.01. The Hall–Kier alpha value is -3.35. The molecule has 214 valence electrons. The van der Waals surface area contributed by atoms with Gasteiger partial charge in [-0.1, -0.05) is 108 Å². The Morgan fingerprint density at radius 3 is 1.79 bits per heavy atom. The number of benzene rings is 2. The molecule has 7 nitrogen and oxygen atoms in total. The van der Waals surface area contributed by atoms with Gasteiger partial charge in [0.2, 0.25) is 5.91 Å². The van der Waals surface area contributed by atoms with Gasteiger partial charge < -0.3 is 20.1 Å². The van der Waals surface area contributed by atoms with Gasteiger partial charge in [0.15, 0.2) is 0 Å². The van der Waals surface area contributed by atoms with Crippen LogP contribution in [-0.4, -0.2) is 31.0 Å². The standard InChI is InChI=1S/C32H46N2O5/c1-3-4-5-6-7-8-9-10-11-12-13-14-18-24-29(35)33-26-20-19-21-27(25-26)34-31(36)30(32(37)38-2)39-28-22-16-15-17-23-28/h15-17,19-23,25,30H,3-14,18,24H2,1-2H3,(H,33,35)(H,34,36). The van der Waals surface area contributed by atoms with Gasteiger partial charge in [0.25, 0.3) is 12.0 Å². The van der Waals surface area contributed by atoms with Crippen molar-refractivity contribution in [3.05, 3.63) is 54.6 Å². The summed E-state index contributed by atoms with van der Waals surface area (Å²) >= 11 is 0. The van der Waals surface area contributed by atoms with Crippen molar-refractivity contribution in [3.63, 3.8) is 0 Å². The van der Waals surface area contributed by atoms with E-state index in [4.69, 9.17) is 9.47 Å². The van der Waals surface area contributed by atoms with E-state index in [9.17, 15) is 14.4 Å². The molecule has 0 heterocycles. The zero-order valence-electron chi connectivity index (χ0n) is 23.7. The van der Waals surface area contributed by atoms with E-state index in [2.05, 4.69) is 17.6 Å². The molecule has 0 aliphatic heterocycles. The van der Waals surface area contributed by atoms with Gasteiger partial charge in [-0.05, 0) is 36.8 Å². The first-order valence-corrected chi connectivity index (χ1v) is 14.5. The minimum absolute atomic E-state index is 0.0543. The number of hydrogen-bond acceptors (Lipinski definition) is 5. The van der Waals surface area contributed by atoms with Crippen LogP contribution >= 0.6 is 0 Å². The molecule has 39 heavy (non-hydrogen) atoms. The molecule has 0 aromatic heterocycles. The summed E-state index contributed by atoms with van der Waals surface area (Å²) in [5.74, 6) is -1.15. The highest BCUT2D eigenvalue weighted by atomic mass is 16.6. The van der Waals surface area contributed by atoms with Crippen molar-refractivity contribution in [2.24, 2.45) is 0 Å². The van der Waals surface area contributed by atoms with Crippen LogP contribution in [0.25, 0.3) is 0 Å². The van der Waals surface area contributed by atoms with Crippen molar-refractivity contribution in [3.8, 4) is 5.75 Å². The Kier molecular flexibility index (Phi) is 16.1. The Labute approximate surface area is 234 Å². The monoisotopic (exact) mass is 538 g/mol. The molecule has 0 fully saturated rings. The molecular weight excluding hydrogens is 492 g/mol. The molecule has 0 radical (unpaired) electrons. The number of amides is 2. The first-order chi connectivity index (χ1) is 19.0. The van der Waals surface area contributed by atoms with Crippen molar-refractivity contribution in [1.29, 1.82) is 0 Å². The number of methoxy groups -OCH3 is 1. The summed E-state index contributed by atoms with van der Waals surface area (Å²) in [6.07, 6.45) is 15.4. The minimum Gasteiger partial charge on any atom is -0.469 e. The number of carbonyl (C=O) groups excluding carboxylic acids is 3. The minimum atomic E-state index is -1.47. The second-order valence-corrected chi connectivity index (χ2v) is 9.94. The zero-order chi connectivity index (χ0) is 28.1. The van der Waals surface area contributed by atoms with Crippen molar-refractivity contribution < 1.29 is 23.9 Å². The van der Waals surface area contributed by atoms with Crippen molar-refractivity contribution in [1.82, 2.24) is 0 Å². The molecule has 2 rings (SSSR count). The molecule has 0 saturated heterocycles. The van der Waals surface area contributed by atoms with Gasteiger partial charge in [0.1, 0.15) is 5.75 Å². The van der Waals surface area contributed by atoms with Crippen LogP contribution in [-0.2, 0) is 19.1 Å². The number of unbranched alkanes of at least 4 members (excludes halogenated alkanes) is 12. The highest BCUT2D eigenvalue weighted by Gasteiger charge is 2.30. The van der Waals surface area contributed by atoms with Gasteiger partial charge in [0, 0.05) is 17.8 Å². The number of para-hydroxylation sites is 1. The number of carbonyl (C=O) groups is 3. The Balaban J connectivity index is 1.66. The summed E-state index contributed by atoms with van der Waals surface area (Å²) in [6, 6.07) is 15.4. The summed E-state index contributed by atoms with van der Waals surface area (Å²) in [5, 5.41) is 5.56. The molecule has 2 aromatic carbocycles. The van der Waals surface area contributed by atoms with E-state index in [0.29, 0.717) is 23.5 Å². The molecule has 1 atom stereocenters. The zero-order valence-corrected chi connectivity index (χ0v) is 23.7. The SMILES string of the molecule is CCCCCCCCCCCCCCCC(=O)Nc1cccc(NC(=O)C(Oc2ccccc2)C(=O)OC)c1. The molecule has 0 bridgehead atoms. The van der Waals surface area contributed by atoms with Gasteiger partial charge in [-0.25, -0.2) is 4.79 Å². The van der Waals surface area contributed by atoms with Gasteiger partial charge >= 0.3 is 5.97 Å². The van der Waals surface area contributed by atoms with E-state index < -0.39 is 18.0 Å². The van der Waals surface area contributed by atoms with Gasteiger partial charge in [0.05, 0.1) is 7.11 Å². The normalized spacial score (nSPS) is 11.4. The quantitative estimate of drug-likeness (QED) is 0.102. The van der Waals surface area contributed by atoms with E-state index >= 15 is 0 Å². The van der Waals surface area contributed by atoms with Crippen LogP contribution in [0.5, 0.6) is 5.75 Å². The van der Waals surface area contributed by atoms with Crippen LogP contribution in [0.1, 0.15) is 96.8 Å². The lowest BCUT2D eigenvalue weighted by atomic mass is 10.0. The molecule has 2 N–H and O–H groups in total. The number of ether oxygens (including phenoxy) is 2. The molecule has 0 aliphatic carbocycles. The fraction of sp³-hybridized carbons (Fsp3) is 0.531. The number of anilines is 2. The van der Waals surface area contributed by atoms with Crippen LogP contribution in [0.2, 0.25) is 0 Å². The van der Waals surface area contributed by atoms with E-state index in [1.165, 1.54) is 71.3 Å². The molecule has 1 unspecified atom stereocenters. The Bertz CT molecular complexity index is 980. The van der Waals surface area contributed by atoms with Gasteiger partial charge in [-0.3, -0.25) is 9.59 Å². The summed E-state index contributed by atoms with van der Waals surface area (Å²) in [6.45, 7) is 2.25. The summed E-state index contributed by atoms with van der Waals surface area (Å²) in [7, 11) is 1.20. The third-order valence-corrected chi connectivity index (χ3v) is 6.57. The fourth-order valence-corrected chi connectivity index (χ4v) is 4.36. The lowest BCUT2D eigenvalue weighted by Crippen LogP contribution is -2.40. The number of rotatable bonds is 20. The third-order valence-electron chi connectivity index (χ3n) is 6.57. The van der Waals surface area contributed by atoms with Crippen LogP contribution in [0, 0.1) is 0 Å².